The molecular formula is C16H36O7P2Si4. The van der Waals surface area contributed by atoms with E-state index in [1.54, 1.807) is 75.2 Å². The summed E-state index contributed by atoms with van der Waals surface area (Å²) in [6.45, 7) is 29.0. The van der Waals surface area contributed by atoms with Crippen LogP contribution in [0.5, 0.6) is 0 Å². The van der Waals surface area contributed by atoms with Crippen LogP contribution in [-0.4, -0.2) is 33.3 Å². The molecule has 13 heteroatoms. The van der Waals surface area contributed by atoms with Crippen molar-refractivity contribution in [3.8, 4) is 0 Å². The van der Waals surface area contributed by atoms with Crippen LogP contribution in [0.3, 0.4) is 0 Å². The van der Waals surface area contributed by atoms with Crippen LogP contribution in [-0.2, 0) is 30.3 Å². The minimum absolute atomic E-state index is 1.58. The van der Waals surface area contributed by atoms with E-state index in [1.807, 2.05) is 0 Å². The van der Waals surface area contributed by atoms with E-state index in [2.05, 4.69) is 26.3 Å². The third kappa shape index (κ3) is 10.8. The Morgan fingerprint density at radius 3 is 0.828 bits per heavy atom. The molecule has 0 aliphatic heterocycles. The van der Waals surface area contributed by atoms with Crippen LogP contribution in [0.25, 0.3) is 0 Å². The van der Waals surface area contributed by atoms with Crippen LogP contribution in [0.1, 0.15) is 0 Å². The molecule has 0 heterocycles. The van der Waals surface area contributed by atoms with Crippen molar-refractivity contribution in [3.63, 3.8) is 0 Å². The fourth-order valence-corrected chi connectivity index (χ4v) is 15.6. The summed E-state index contributed by atoms with van der Waals surface area (Å²) in [4.78, 5) is 0. The van der Waals surface area contributed by atoms with E-state index in [4.69, 9.17) is 21.2 Å². The van der Waals surface area contributed by atoms with Crippen LogP contribution in [0.15, 0.2) is 49.1 Å². The Balaban J connectivity index is 6.34. The predicted octanol–water partition coefficient (Wildman–Crippen LogP) is 7.01. The van der Waals surface area contributed by atoms with Crippen molar-refractivity contribution < 1.29 is 30.3 Å². The fourth-order valence-electron chi connectivity index (χ4n) is 1.53. The molecule has 0 aromatic heterocycles. The molecule has 7 nitrogen and oxygen atoms in total. The van der Waals surface area contributed by atoms with Gasteiger partial charge in [0.2, 0.25) is 33.3 Å². The molecule has 0 rings (SSSR count). The molecule has 0 saturated heterocycles. The van der Waals surface area contributed by atoms with Gasteiger partial charge < -0.3 is 16.9 Å². The van der Waals surface area contributed by atoms with Gasteiger partial charge in [0, 0.05) is 0 Å². The Morgan fingerprint density at radius 2 is 0.690 bits per heavy atom. The molecule has 0 N–H and O–H groups in total. The molecule has 0 aromatic carbocycles. The van der Waals surface area contributed by atoms with Crippen LogP contribution < -0.4 is 0 Å². The molecular weight excluding hydrogens is 478 g/mol. The first-order chi connectivity index (χ1) is 12.8. The van der Waals surface area contributed by atoms with Crippen molar-refractivity contribution in [2.75, 3.05) is 0 Å². The summed E-state index contributed by atoms with van der Waals surface area (Å²) in [6.07, 6.45) is 0. The highest BCUT2D eigenvalue weighted by Gasteiger charge is 2.50. The summed E-state index contributed by atoms with van der Waals surface area (Å²) in [6, 6.07) is 0. The summed E-state index contributed by atoms with van der Waals surface area (Å²) < 4.78 is 56.0. The maximum Gasteiger partial charge on any atom is 0.464 e. The number of hydrogen-bond acceptors (Lipinski definition) is 7. The Morgan fingerprint density at radius 1 is 0.517 bits per heavy atom. The molecule has 29 heavy (non-hydrogen) atoms. The van der Waals surface area contributed by atoms with Gasteiger partial charge in [-0.15, -0.1) is 26.3 Å². The Labute approximate surface area is 180 Å². The maximum absolute atomic E-state index is 13.7. The lowest BCUT2D eigenvalue weighted by molar-refractivity contribution is 0.240. The maximum atomic E-state index is 13.7. The zero-order valence-electron chi connectivity index (χ0n) is 18.9. The topological polar surface area (TPSA) is 80.3 Å². The molecule has 0 aromatic rings. The molecule has 0 aliphatic rings. The van der Waals surface area contributed by atoms with E-state index in [-0.39, 0.29) is 0 Å². The smallest absolute Gasteiger partial charge is 0.326 e. The number of hydrogen-bond donors (Lipinski definition) is 0. The average Bonchev–Trinajstić information content (AvgIpc) is 2.51. The Bertz CT molecular complexity index is 623. The lowest BCUT2D eigenvalue weighted by Crippen LogP contribution is -2.35. The van der Waals surface area contributed by atoms with Crippen molar-refractivity contribution in [1.82, 2.24) is 0 Å². The first kappa shape index (κ1) is 29.1. The minimum atomic E-state index is -4.37. The van der Waals surface area contributed by atoms with Crippen molar-refractivity contribution in [3.05, 3.63) is 49.1 Å². The van der Waals surface area contributed by atoms with Gasteiger partial charge in [-0.1, -0.05) is 22.8 Å². The Hall–Kier alpha value is 0.0875. The van der Waals surface area contributed by atoms with Gasteiger partial charge in [-0.05, 0) is 52.4 Å². The van der Waals surface area contributed by atoms with Crippen LogP contribution in [0.2, 0.25) is 52.4 Å². The summed E-state index contributed by atoms with van der Waals surface area (Å²) >= 11 is 0. The largest absolute Gasteiger partial charge is 0.464 e. The minimum Gasteiger partial charge on any atom is -0.326 e. The number of phosphoric acid groups is 2. The standard InChI is InChI=1S/C16H36O7P2Si4/c1-13-26(5,6)20-24(17,21-27(7,8)14-2)19-25(18,22-28(9,10)15-3)23-29(11,12)16-4/h13-16H,1-4H2,5-12H3. The zero-order chi connectivity index (χ0) is 23.4. The summed E-state index contributed by atoms with van der Waals surface area (Å²) in [5, 5.41) is 0. The van der Waals surface area contributed by atoms with Gasteiger partial charge in [0.25, 0.3) is 0 Å². The predicted molar refractivity (Wildman–Crippen MR) is 131 cm³/mol. The molecule has 0 aliphatic carbocycles. The quantitative estimate of drug-likeness (QED) is 0.182. The second-order valence-electron chi connectivity index (χ2n) is 8.57. The highest BCUT2D eigenvalue weighted by molar-refractivity contribution is 7.65. The first-order valence-electron chi connectivity index (χ1n) is 9.06. The molecule has 0 saturated carbocycles. The van der Waals surface area contributed by atoms with Gasteiger partial charge in [0.15, 0.2) is 0 Å². The third-order valence-corrected chi connectivity index (χ3v) is 20.2. The van der Waals surface area contributed by atoms with Crippen LogP contribution in [0.4, 0.5) is 0 Å². The van der Waals surface area contributed by atoms with E-state index in [0.717, 1.165) is 0 Å². The SMILES string of the molecule is C=C[Si](C)(C)OP(=O)(O[Si](C)(C)C=C)OP(=O)(O[Si](C)(C)C=C)O[Si](C)(C)C=C. The zero-order valence-corrected chi connectivity index (χ0v) is 24.7. The van der Waals surface area contributed by atoms with E-state index in [0.29, 0.717) is 0 Å². The summed E-state index contributed by atoms with van der Waals surface area (Å²) in [5.74, 6) is 0. The van der Waals surface area contributed by atoms with Crippen molar-refractivity contribution >= 4 is 48.9 Å². The van der Waals surface area contributed by atoms with Crippen molar-refractivity contribution in [2.45, 2.75) is 52.4 Å². The third-order valence-electron chi connectivity index (χ3n) is 3.55. The van der Waals surface area contributed by atoms with Gasteiger partial charge in [-0.2, -0.15) is 4.31 Å². The van der Waals surface area contributed by atoms with Crippen molar-refractivity contribution in [1.29, 1.82) is 0 Å². The number of rotatable bonds is 14. The van der Waals surface area contributed by atoms with E-state index >= 15 is 0 Å². The molecule has 0 fully saturated rings. The molecule has 168 valence electrons. The molecule has 0 radical (unpaired) electrons. The van der Waals surface area contributed by atoms with E-state index < -0.39 is 48.9 Å². The van der Waals surface area contributed by atoms with E-state index in [1.165, 1.54) is 0 Å². The molecule has 0 bridgehead atoms. The normalized spacial score (nSPS) is 14.3. The van der Waals surface area contributed by atoms with Gasteiger partial charge in [-0.25, -0.2) is 9.13 Å². The lowest BCUT2D eigenvalue weighted by Gasteiger charge is -2.35. The highest BCUT2D eigenvalue weighted by atomic mass is 31.3. The molecule has 0 amide bonds. The molecule has 0 unspecified atom stereocenters. The van der Waals surface area contributed by atoms with Crippen LogP contribution in [0, 0.1) is 0 Å². The van der Waals surface area contributed by atoms with Gasteiger partial charge in [-0.3, -0.25) is 0 Å². The highest BCUT2D eigenvalue weighted by Crippen LogP contribution is 2.69. The Kier molecular flexibility index (Phi) is 10.2. The monoisotopic (exact) mass is 514 g/mol. The van der Waals surface area contributed by atoms with Gasteiger partial charge >= 0.3 is 15.6 Å². The fraction of sp³-hybridized carbons (Fsp3) is 0.500. The first-order valence-corrected chi connectivity index (χ1v) is 23.9. The second-order valence-corrected chi connectivity index (χ2v) is 28.4. The van der Waals surface area contributed by atoms with E-state index in [9.17, 15) is 9.13 Å². The summed E-state index contributed by atoms with van der Waals surface area (Å²) in [5.41, 5.74) is 6.30. The van der Waals surface area contributed by atoms with Crippen molar-refractivity contribution in [2.24, 2.45) is 0 Å². The average molecular weight is 515 g/mol. The second kappa shape index (κ2) is 10.1. The molecule has 0 spiro atoms. The van der Waals surface area contributed by atoms with Gasteiger partial charge in [0.1, 0.15) is 0 Å². The van der Waals surface area contributed by atoms with Crippen LogP contribution >= 0.6 is 15.6 Å². The molecule has 0 atom stereocenters. The van der Waals surface area contributed by atoms with Gasteiger partial charge in [0.05, 0.1) is 0 Å². The lowest BCUT2D eigenvalue weighted by atomic mass is 11.3. The summed E-state index contributed by atoms with van der Waals surface area (Å²) in [7, 11) is -19.4.